The van der Waals surface area contributed by atoms with Gasteiger partial charge in [0.1, 0.15) is 0 Å². The van der Waals surface area contributed by atoms with Crippen LogP contribution in [0.4, 0.5) is 5.95 Å². The number of hydrogen-bond donors (Lipinski definition) is 1. The van der Waals surface area contributed by atoms with Crippen LogP contribution in [0, 0.1) is 0 Å². The van der Waals surface area contributed by atoms with E-state index in [9.17, 15) is 0 Å². The van der Waals surface area contributed by atoms with Crippen molar-refractivity contribution in [2.45, 2.75) is 51.4 Å². The molecule has 6 nitrogen and oxygen atoms in total. The molecule has 0 aromatic carbocycles. The van der Waals surface area contributed by atoms with Gasteiger partial charge in [0.25, 0.3) is 0 Å². The maximum absolute atomic E-state index is 5.98. The summed E-state index contributed by atoms with van der Waals surface area (Å²) < 4.78 is 17.3. The molecule has 0 aliphatic carbocycles. The maximum atomic E-state index is 5.98. The Morgan fingerprint density at radius 3 is 2.29 bits per heavy atom. The maximum Gasteiger partial charge on any atom is 0.498 e. The normalized spacial score (nSPS) is 27.0. The second-order valence-electron chi connectivity index (χ2n) is 6.63. The van der Waals surface area contributed by atoms with E-state index in [0.29, 0.717) is 18.6 Å². The van der Waals surface area contributed by atoms with Gasteiger partial charge in [-0.15, -0.1) is 0 Å². The lowest BCUT2D eigenvalue weighted by atomic mass is 9.81. The van der Waals surface area contributed by atoms with Gasteiger partial charge in [-0.25, -0.2) is 9.97 Å². The van der Waals surface area contributed by atoms with Crippen LogP contribution in [0.15, 0.2) is 12.4 Å². The predicted molar refractivity (Wildman–Crippen MR) is 80.6 cm³/mol. The van der Waals surface area contributed by atoms with E-state index in [1.807, 2.05) is 27.7 Å². The van der Waals surface area contributed by atoms with Crippen LogP contribution in [0.1, 0.15) is 34.1 Å². The van der Waals surface area contributed by atoms with Crippen molar-refractivity contribution in [2.24, 2.45) is 0 Å². The van der Waals surface area contributed by atoms with Crippen LogP contribution in [-0.2, 0) is 14.0 Å². The molecule has 0 amide bonds. The highest BCUT2D eigenvalue weighted by Crippen LogP contribution is 2.36. The topological polar surface area (TPSA) is 65.5 Å². The Kier molecular flexibility index (Phi) is 3.67. The van der Waals surface area contributed by atoms with Gasteiger partial charge in [0, 0.05) is 24.5 Å². The molecule has 2 aliphatic heterocycles. The summed E-state index contributed by atoms with van der Waals surface area (Å²) in [6, 6.07) is 0.299. The lowest BCUT2D eigenvalue weighted by Crippen LogP contribution is -2.41. The minimum atomic E-state index is -0.418. The Labute approximate surface area is 125 Å². The average Bonchev–Trinajstić information content (AvgIpc) is 2.97. The van der Waals surface area contributed by atoms with E-state index in [1.165, 1.54) is 0 Å². The summed E-state index contributed by atoms with van der Waals surface area (Å²) in [4.78, 5) is 8.69. The number of nitrogens with zero attached hydrogens (tertiary/aromatic N) is 2. The fourth-order valence-corrected chi connectivity index (χ4v) is 2.34. The molecule has 2 fully saturated rings. The molecule has 0 saturated carbocycles. The van der Waals surface area contributed by atoms with Crippen LogP contribution in [0.5, 0.6) is 0 Å². The monoisotopic (exact) mass is 291 g/mol. The Hall–Kier alpha value is -1.18. The van der Waals surface area contributed by atoms with Gasteiger partial charge in [0.15, 0.2) is 0 Å². The third-order valence-electron chi connectivity index (χ3n) is 4.46. The molecule has 1 N–H and O–H groups in total. The van der Waals surface area contributed by atoms with Gasteiger partial charge >= 0.3 is 7.12 Å². The van der Waals surface area contributed by atoms with E-state index in [-0.39, 0.29) is 11.2 Å². The summed E-state index contributed by atoms with van der Waals surface area (Å²) in [5, 5.41) is 3.26. The Morgan fingerprint density at radius 2 is 1.76 bits per heavy atom. The quantitative estimate of drug-likeness (QED) is 0.837. The second kappa shape index (κ2) is 5.23. The molecular formula is C14H22BN3O3. The molecule has 0 radical (unpaired) electrons. The van der Waals surface area contributed by atoms with Gasteiger partial charge in [-0.1, -0.05) is 0 Å². The molecule has 3 rings (SSSR count). The first-order valence-electron chi connectivity index (χ1n) is 7.39. The van der Waals surface area contributed by atoms with Crippen LogP contribution in [0.25, 0.3) is 0 Å². The zero-order valence-electron chi connectivity index (χ0n) is 13.0. The molecule has 3 heterocycles. The highest BCUT2D eigenvalue weighted by Gasteiger charge is 2.51. The third kappa shape index (κ3) is 2.91. The number of nitrogens with one attached hydrogen (secondary N) is 1. The standard InChI is InChI=1S/C14H22BN3O3/c1-13(2)14(3,4)21-15(20-13)10-7-16-12(17-8-10)18-11-5-6-19-9-11/h7-8,11H,5-6,9H2,1-4H3,(H,16,17,18)/t11-/m1/s1. The third-order valence-corrected chi connectivity index (χ3v) is 4.46. The zero-order chi connectivity index (χ0) is 15.1. The summed E-state index contributed by atoms with van der Waals surface area (Å²) in [5.41, 5.74) is 0.132. The van der Waals surface area contributed by atoms with Gasteiger partial charge in [-0.2, -0.15) is 0 Å². The summed E-state index contributed by atoms with van der Waals surface area (Å²) in [6.45, 7) is 9.63. The smallest absolute Gasteiger partial charge is 0.399 e. The Balaban J connectivity index is 1.67. The molecule has 1 aromatic rings. The number of aromatic nitrogens is 2. The predicted octanol–water partition coefficient (Wildman–Crippen LogP) is 0.977. The van der Waals surface area contributed by atoms with E-state index < -0.39 is 7.12 Å². The minimum absolute atomic E-state index is 0.299. The first-order chi connectivity index (χ1) is 9.87. The lowest BCUT2D eigenvalue weighted by Gasteiger charge is -2.32. The summed E-state index contributed by atoms with van der Waals surface area (Å²) in [6.07, 6.45) is 4.50. The van der Waals surface area contributed by atoms with Crippen LogP contribution < -0.4 is 10.8 Å². The van der Waals surface area contributed by atoms with Gasteiger partial charge < -0.3 is 19.4 Å². The van der Waals surface area contributed by atoms with Crippen molar-refractivity contribution in [3.63, 3.8) is 0 Å². The molecule has 1 atom stereocenters. The molecule has 2 saturated heterocycles. The molecule has 114 valence electrons. The molecule has 0 spiro atoms. The van der Waals surface area contributed by atoms with Crippen molar-refractivity contribution in [2.75, 3.05) is 18.5 Å². The zero-order valence-corrected chi connectivity index (χ0v) is 13.0. The molecule has 1 aromatic heterocycles. The van der Waals surface area contributed by atoms with Crippen LogP contribution >= 0.6 is 0 Å². The fraction of sp³-hybridized carbons (Fsp3) is 0.714. The lowest BCUT2D eigenvalue weighted by molar-refractivity contribution is 0.00578. The average molecular weight is 291 g/mol. The Bertz CT molecular complexity index is 485. The SMILES string of the molecule is CC1(C)OB(c2cnc(N[C@@H]3CCOC3)nc2)OC1(C)C. The highest BCUT2D eigenvalue weighted by molar-refractivity contribution is 6.61. The molecule has 7 heteroatoms. The van der Waals surface area contributed by atoms with Crippen molar-refractivity contribution in [3.8, 4) is 0 Å². The van der Waals surface area contributed by atoms with Crippen LogP contribution in [0.3, 0.4) is 0 Å². The number of rotatable bonds is 3. The van der Waals surface area contributed by atoms with Crippen LogP contribution in [0.2, 0.25) is 0 Å². The minimum Gasteiger partial charge on any atom is -0.399 e. The van der Waals surface area contributed by atoms with E-state index in [0.717, 1.165) is 18.5 Å². The first-order valence-corrected chi connectivity index (χ1v) is 7.39. The van der Waals surface area contributed by atoms with Gasteiger partial charge in [0.05, 0.1) is 23.9 Å². The Morgan fingerprint density at radius 1 is 1.14 bits per heavy atom. The van der Waals surface area contributed by atoms with E-state index >= 15 is 0 Å². The molecule has 2 aliphatic rings. The van der Waals surface area contributed by atoms with Crippen molar-refractivity contribution >= 4 is 18.5 Å². The van der Waals surface area contributed by atoms with Gasteiger partial charge in [-0.05, 0) is 34.1 Å². The molecule has 0 unspecified atom stereocenters. The molecule has 21 heavy (non-hydrogen) atoms. The number of hydrogen-bond acceptors (Lipinski definition) is 6. The van der Waals surface area contributed by atoms with Crippen molar-refractivity contribution in [3.05, 3.63) is 12.4 Å². The van der Waals surface area contributed by atoms with Gasteiger partial charge in [0.2, 0.25) is 5.95 Å². The van der Waals surface area contributed by atoms with Crippen molar-refractivity contribution < 1.29 is 14.0 Å². The van der Waals surface area contributed by atoms with Gasteiger partial charge in [-0.3, -0.25) is 0 Å². The molecule has 0 bridgehead atoms. The summed E-state index contributed by atoms with van der Waals surface area (Å²) in [7, 11) is -0.418. The largest absolute Gasteiger partial charge is 0.498 e. The van der Waals surface area contributed by atoms with E-state index in [4.69, 9.17) is 14.0 Å². The van der Waals surface area contributed by atoms with Crippen molar-refractivity contribution in [1.29, 1.82) is 0 Å². The number of anilines is 1. The van der Waals surface area contributed by atoms with Crippen molar-refractivity contribution in [1.82, 2.24) is 9.97 Å². The summed E-state index contributed by atoms with van der Waals surface area (Å²) in [5.74, 6) is 0.616. The number of ether oxygens (including phenoxy) is 1. The second-order valence-corrected chi connectivity index (χ2v) is 6.63. The highest BCUT2D eigenvalue weighted by atomic mass is 16.7. The van der Waals surface area contributed by atoms with E-state index in [2.05, 4.69) is 15.3 Å². The summed E-state index contributed by atoms with van der Waals surface area (Å²) >= 11 is 0. The molecular weight excluding hydrogens is 269 g/mol. The first kappa shape index (κ1) is 14.7. The van der Waals surface area contributed by atoms with E-state index in [1.54, 1.807) is 12.4 Å². The van der Waals surface area contributed by atoms with Crippen LogP contribution in [-0.4, -0.2) is 47.5 Å². The fourth-order valence-electron chi connectivity index (χ4n) is 2.34.